The van der Waals surface area contributed by atoms with Crippen molar-refractivity contribution in [1.29, 1.82) is 0 Å². The third-order valence-corrected chi connectivity index (χ3v) is 4.24. The van der Waals surface area contributed by atoms with Crippen molar-refractivity contribution in [3.63, 3.8) is 0 Å². The van der Waals surface area contributed by atoms with Gasteiger partial charge in [0.25, 0.3) is 5.91 Å². The topological polar surface area (TPSA) is 68.5 Å². The molecule has 0 aliphatic carbocycles. The summed E-state index contributed by atoms with van der Waals surface area (Å²) in [6, 6.07) is 15.5. The van der Waals surface area contributed by atoms with Gasteiger partial charge in [-0.2, -0.15) is 4.98 Å². The van der Waals surface area contributed by atoms with Gasteiger partial charge in [0.2, 0.25) is 11.7 Å². The van der Waals surface area contributed by atoms with Gasteiger partial charge in [0.15, 0.2) is 6.61 Å². The van der Waals surface area contributed by atoms with Crippen LogP contribution in [-0.2, 0) is 11.3 Å². The van der Waals surface area contributed by atoms with Crippen LogP contribution in [0.15, 0.2) is 53.1 Å². The highest BCUT2D eigenvalue weighted by molar-refractivity contribution is 5.77. The second kappa shape index (κ2) is 8.49. The molecule has 1 heterocycles. The zero-order valence-electron chi connectivity index (χ0n) is 15.8. The minimum Gasteiger partial charge on any atom is -0.484 e. The van der Waals surface area contributed by atoms with E-state index in [-0.39, 0.29) is 19.1 Å². The van der Waals surface area contributed by atoms with Crippen molar-refractivity contribution >= 4 is 5.91 Å². The van der Waals surface area contributed by atoms with Crippen LogP contribution < -0.4 is 4.74 Å². The number of rotatable bonds is 7. The second-order valence-corrected chi connectivity index (χ2v) is 6.34. The Kier molecular flexibility index (Phi) is 5.86. The molecule has 0 unspecified atom stereocenters. The average Bonchev–Trinajstić information content (AvgIpc) is 3.14. The number of aromatic nitrogens is 2. The van der Waals surface area contributed by atoms with Gasteiger partial charge in [-0.3, -0.25) is 4.79 Å². The first-order valence-corrected chi connectivity index (χ1v) is 8.92. The molecule has 1 amide bonds. The first-order valence-electron chi connectivity index (χ1n) is 8.92. The van der Waals surface area contributed by atoms with Gasteiger partial charge in [0.05, 0.1) is 0 Å². The summed E-state index contributed by atoms with van der Waals surface area (Å²) in [7, 11) is 0. The Labute approximate surface area is 158 Å². The maximum atomic E-state index is 12.5. The second-order valence-electron chi connectivity index (χ2n) is 6.34. The number of nitrogens with zero attached hydrogens (tertiary/aromatic N) is 3. The van der Waals surface area contributed by atoms with Gasteiger partial charge in [-0.1, -0.05) is 53.2 Å². The van der Waals surface area contributed by atoms with Crippen molar-refractivity contribution < 1.29 is 14.1 Å². The highest BCUT2D eigenvalue weighted by Crippen LogP contribution is 2.19. The lowest BCUT2D eigenvalue weighted by molar-refractivity contribution is -0.134. The van der Waals surface area contributed by atoms with Gasteiger partial charge in [0, 0.05) is 12.1 Å². The van der Waals surface area contributed by atoms with E-state index in [1.165, 1.54) is 0 Å². The number of ether oxygens (including phenoxy) is 1. The van der Waals surface area contributed by atoms with Crippen molar-refractivity contribution in [2.45, 2.75) is 27.3 Å². The van der Waals surface area contributed by atoms with Gasteiger partial charge >= 0.3 is 0 Å². The molecule has 0 atom stereocenters. The van der Waals surface area contributed by atoms with Crippen LogP contribution in [0.3, 0.4) is 0 Å². The van der Waals surface area contributed by atoms with Crippen molar-refractivity contribution in [3.8, 4) is 17.1 Å². The van der Waals surface area contributed by atoms with E-state index in [1.54, 1.807) is 4.90 Å². The van der Waals surface area contributed by atoms with E-state index in [9.17, 15) is 4.79 Å². The number of hydrogen-bond acceptors (Lipinski definition) is 5. The molecular weight excluding hydrogens is 342 g/mol. The summed E-state index contributed by atoms with van der Waals surface area (Å²) in [5, 5.41) is 3.99. The average molecular weight is 365 g/mol. The van der Waals surface area contributed by atoms with Crippen LogP contribution in [0.5, 0.6) is 5.75 Å². The molecule has 3 rings (SSSR count). The van der Waals surface area contributed by atoms with Gasteiger partial charge in [-0.05, 0) is 32.4 Å². The molecule has 0 fully saturated rings. The van der Waals surface area contributed by atoms with E-state index in [4.69, 9.17) is 9.26 Å². The summed E-state index contributed by atoms with van der Waals surface area (Å²) in [5.41, 5.74) is 3.04. The zero-order chi connectivity index (χ0) is 19.2. The van der Waals surface area contributed by atoms with Crippen molar-refractivity contribution in [2.24, 2.45) is 0 Å². The number of aryl methyl sites for hydroxylation is 2. The normalized spacial score (nSPS) is 10.6. The summed E-state index contributed by atoms with van der Waals surface area (Å²) in [6.45, 7) is 6.65. The molecule has 0 aliphatic heterocycles. The Hall–Kier alpha value is -3.15. The third-order valence-electron chi connectivity index (χ3n) is 4.24. The molecule has 0 saturated heterocycles. The van der Waals surface area contributed by atoms with Crippen molar-refractivity contribution in [3.05, 3.63) is 65.5 Å². The minimum absolute atomic E-state index is 0.0303. The molecule has 2 aromatic carbocycles. The summed E-state index contributed by atoms with van der Waals surface area (Å²) >= 11 is 0. The van der Waals surface area contributed by atoms with Crippen molar-refractivity contribution in [1.82, 2.24) is 15.0 Å². The maximum absolute atomic E-state index is 12.5. The van der Waals surface area contributed by atoms with E-state index in [2.05, 4.69) is 10.1 Å². The fourth-order valence-electron chi connectivity index (χ4n) is 2.76. The number of carbonyl (C=O) groups excluding carboxylic acids is 1. The van der Waals surface area contributed by atoms with E-state index in [0.717, 1.165) is 16.7 Å². The lowest BCUT2D eigenvalue weighted by atomic mass is 10.1. The van der Waals surface area contributed by atoms with Gasteiger partial charge in [-0.15, -0.1) is 0 Å². The summed E-state index contributed by atoms with van der Waals surface area (Å²) in [6.07, 6.45) is 0. The highest BCUT2D eigenvalue weighted by Gasteiger charge is 2.17. The third kappa shape index (κ3) is 4.73. The lowest BCUT2D eigenvalue weighted by Crippen LogP contribution is -2.34. The molecule has 0 radical (unpaired) electrons. The summed E-state index contributed by atoms with van der Waals surface area (Å²) in [5.74, 6) is 1.50. The number of hydrogen-bond donors (Lipinski definition) is 0. The summed E-state index contributed by atoms with van der Waals surface area (Å²) in [4.78, 5) is 18.5. The van der Waals surface area contributed by atoms with E-state index < -0.39 is 0 Å². The predicted molar refractivity (Wildman–Crippen MR) is 102 cm³/mol. The number of benzene rings is 2. The van der Waals surface area contributed by atoms with E-state index in [1.807, 2.05) is 69.3 Å². The molecule has 0 spiro atoms. The molecule has 3 aromatic rings. The number of amides is 1. The molecule has 0 N–H and O–H groups in total. The standard InChI is InChI=1S/C21H23N3O3/c1-4-24(20(25)14-26-18-11-10-15(2)12-16(18)3)13-19-22-21(23-27-19)17-8-6-5-7-9-17/h5-12H,4,13-14H2,1-3H3. The Morgan fingerprint density at radius 3 is 2.63 bits per heavy atom. The molecule has 27 heavy (non-hydrogen) atoms. The van der Waals surface area contributed by atoms with Gasteiger partial charge in [-0.25, -0.2) is 0 Å². The van der Waals surface area contributed by atoms with E-state index >= 15 is 0 Å². The fourth-order valence-corrected chi connectivity index (χ4v) is 2.76. The SMILES string of the molecule is CCN(Cc1nc(-c2ccccc2)no1)C(=O)COc1ccc(C)cc1C. The van der Waals surface area contributed by atoms with Crippen LogP contribution in [0.25, 0.3) is 11.4 Å². The first-order chi connectivity index (χ1) is 13.1. The fraction of sp³-hybridized carbons (Fsp3) is 0.286. The van der Waals surface area contributed by atoms with Crippen LogP contribution in [0.2, 0.25) is 0 Å². The van der Waals surface area contributed by atoms with Crippen LogP contribution in [0.4, 0.5) is 0 Å². The Balaban J connectivity index is 1.61. The lowest BCUT2D eigenvalue weighted by Gasteiger charge is -2.19. The van der Waals surface area contributed by atoms with Crippen LogP contribution in [0, 0.1) is 13.8 Å². The molecule has 0 saturated carbocycles. The van der Waals surface area contributed by atoms with Gasteiger partial charge in [0.1, 0.15) is 12.3 Å². The van der Waals surface area contributed by atoms with E-state index in [0.29, 0.717) is 24.0 Å². The highest BCUT2D eigenvalue weighted by atomic mass is 16.5. The van der Waals surface area contributed by atoms with Crippen LogP contribution in [-0.4, -0.2) is 34.1 Å². The quantitative estimate of drug-likeness (QED) is 0.637. The molecule has 1 aromatic heterocycles. The first kappa shape index (κ1) is 18.6. The molecule has 0 aliphatic rings. The Morgan fingerprint density at radius 1 is 1.15 bits per heavy atom. The Bertz CT molecular complexity index is 906. The van der Waals surface area contributed by atoms with Crippen LogP contribution in [0.1, 0.15) is 23.9 Å². The molecule has 6 heteroatoms. The largest absolute Gasteiger partial charge is 0.484 e. The monoisotopic (exact) mass is 365 g/mol. The molecular formula is C21H23N3O3. The van der Waals surface area contributed by atoms with Crippen LogP contribution >= 0.6 is 0 Å². The number of likely N-dealkylation sites (N-methyl/N-ethyl adjacent to an activating group) is 1. The smallest absolute Gasteiger partial charge is 0.260 e. The molecule has 0 bridgehead atoms. The van der Waals surface area contributed by atoms with Gasteiger partial charge < -0.3 is 14.2 Å². The van der Waals surface area contributed by atoms with Crippen molar-refractivity contribution in [2.75, 3.05) is 13.2 Å². The Morgan fingerprint density at radius 2 is 1.93 bits per heavy atom. The zero-order valence-corrected chi connectivity index (χ0v) is 15.8. The predicted octanol–water partition coefficient (Wildman–Crippen LogP) is 3.78. The maximum Gasteiger partial charge on any atom is 0.260 e. The molecule has 6 nitrogen and oxygen atoms in total. The molecule has 140 valence electrons. The summed E-state index contributed by atoms with van der Waals surface area (Å²) < 4.78 is 11.0. The number of carbonyl (C=O) groups is 1. The minimum atomic E-state index is -0.128.